The lowest BCUT2D eigenvalue weighted by molar-refractivity contribution is 0.548. The number of hydrogen-bond acceptors (Lipinski definition) is 3. The van der Waals surface area contributed by atoms with E-state index in [0.717, 1.165) is 16.8 Å². The van der Waals surface area contributed by atoms with Crippen LogP contribution in [-0.4, -0.2) is 19.7 Å². The Morgan fingerprint density at radius 3 is 2.50 bits per heavy atom. The van der Waals surface area contributed by atoms with Gasteiger partial charge in [-0.05, 0) is 44.9 Å². The lowest BCUT2D eigenvalue weighted by Crippen LogP contribution is -2.43. The Morgan fingerprint density at radius 1 is 1.25 bits per heavy atom. The molecule has 0 saturated heterocycles. The Bertz CT molecular complexity index is 544. The molecule has 1 heterocycles. The topological polar surface area (TPSA) is 46.2 Å². The van der Waals surface area contributed by atoms with E-state index in [1.807, 2.05) is 19.9 Å². The van der Waals surface area contributed by atoms with Gasteiger partial charge in [0, 0.05) is 6.54 Å². The smallest absolute Gasteiger partial charge is 0.187 e. The van der Waals surface area contributed by atoms with E-state index in [9.17, 15) is 8.42 Å². The van der Waals surface area contributed by atoms with Crippen molar-refractivity contribution in [1.29, 1.82) is 0 Å². The van der Waals surface area contributed by atoms with Gasteiger partial charge in [-0.2, -0.15) is 0 Å². The number of hydrogen-bond donors (Lipinski definition) is 1. The molecule has 0 spiro atoms. The minimum absolute atomic E-state index is 0.446. The summed E-state index contributed by atoms with van der Waals surface area (Å²) in [5, 5.41) is 3.22. The van der Waals surface area contributed by atoms with Crippen LogP contribution in [0.15, 0.2) is 17.0 Å². The molecule has 0 saturated carbocycles. The average Bonchev–Trinajstić information content (AvgIpc) is 2.13. The van der Waals surface area contributed by atoms with Gasteiger partial charge in [-0.25, -0.2) is 8.42 Å². The van der Waals surface area contributed by atoms with Gasteiger partial charge in [-0.3, -0.25) is 0 Å². The summed E-state index contributed by atoms with van der Waals surface area (Å²) in [6.45, 7) is 7.84. The number of nitrogens with one attached hydrogen (secondary N) is 1. The van der Waals surface area contributed by atoms with Crippen molar-refractivity contribution in [2.75, 3.05) is 11.9 Å². The molecule has 4 heteroatoms. The zero-order valence-electron chi connectivity index (χ0n) is 10.1. The largest absolute Gasteiger partial charge is 0.382 e. The van der Waals surface area contributed by atoms with Crippen molar-refractivity contribution in [3.8, 4) is 0 Å². The predicted molar refractivity (Wildman–Crippen MR) is 65.7 cm³/mol. The van der Waals surface area contributed by atoms with Gasteiger partial charge >= 0.3 is 0 Å². The van der Waals surface area contributed by atoms with Gasteiger partial charge in [0.2, 0.25) is 0 Å². The zero-order chi connectivity index (χ0) is 12.1. The van der Waals surface area contributed by atoms with E-state index in [4.69, 9.17) is 0 Å². The second-order valence-electron chi connectivity index (χ2n) is 5.07. The molecule has 0 atom stereocenters. The fraction of sp³-hybridized carbons (Fsp3) is 0.500. The van der Waals surface area contributed by atoms with Crippen LogP contribution in [0.4, 0.5) is 5.69 Å². The third-order valence-electron chi connectivity index (χ3n) is 3.15. The number of benzene rings is 1. The number of aryl methyl sites for hydroxylation is 2. The maximum Gasteiger partial charge on any atom is 0.187 e. The molecule has 0 aromatic heterocycles. The Kier molecular flexibility index (Phi) is 2.31. The zero-order valence-corrected chi connectivity index (χ0v) is 10.9. The number of rotatable bonds is 0. The Morgan fingerprint density at radius 2 is 1.88 bits per heavy atom. The second kappa shape index (κ2) is 3.23. The maximum absolute atomic E-state index is 12.4. The summed E-state index contributed by atoms with van der Waals surface area (Å²) < 4.78 is 24.0. The van der Waals surface area contributed by atoms with Gasteiger partial charge in [0.1, 0.15) is 0 Å². The van der Waals surface area contributed by atoms with E-state index in [0.29, 0.717) is 11.4 Å². The van der Waals surface area contributed by atoms with E-state index < -0.39 is 14.6 Å². The molecule has 1 aliphatic heterocycles. The van der Waals surface area contributed by atoms with E-state index in [1.165, 1.54) is 0 Å². The highest BCUT2D eigenvalue weighted by Gasteiger charge is 2.41. The Balaban J connectivity index is 2.78. The molecule has 0 radical (unpaired) electrons. The van der Waals surface area contributed by atoms with Crippen molar-refractivity contribution in [2.24, 2.45) is 0 Å². The molecule has 1 aromatic rings. The molecule has 1 N–H and O–H groups in total. The lowest BCUT2D eigenvalue weighted by atomic mass is 10.1. The summed E-state index contributed by atoms with van der Waals surface area (Å²) in [6.07, 6.45) is 0. The van der Waals surface area contributed by atoms with Crippen LogP contribution in [0.25, 0.3) is 0 Å². The van der Waals surface area contributed by atoms with Crippen molar-refractivity contribution < 1.29 is 8.42 Å². The van der Waals surface area contributed by atoms with Crippen molar-refractivity contribution in [3.05, 3.63) is 23.3 Å². The number of anilines is 1. The molecule has 0 fully saturated rings. The maximum atomic E-state index is 12.4. The monoisotopic (exact) mass is 239 g/mol. The van der Waals surface area contributed by atoms with Crippen LogP contribution in [-0.2, 0) is 9.84 Å². The first-order valence-electron chi connectivity index (χ1n) is 5.35. The third kappa shape index (κ3) is 1.44. The van der Waals surface area contributed by atoms with Crippen LogP contribution in [0, 0.1) is 13.8 Å². The second-order valence-corrected chi connectivity index (χ2v) is 7.62. The number of fused-ring (bicyclic) bond motifs is 1. The van der Waals surface area contributed by atoms with E-state index >= 15 is 0 Å². The summed E-state index contributed by atoms with van der Waals surface area (Å²) in [5.74, 6) is 0. The molecule has 1 aliphatic rings. The first kappa shape index (κ1) is 11.5. The fourth-order valence-electron chi connectivity index (χ4n) is 2.06. The van der Waals surface area contributed by atoms with Crippen LogP contribution in [0.3, 0.4) is 0 Å². The normalized spacial score (nSPS) is 21.0. The van der Waals surface area contributed by atoms with Crippen LogP contribution in [0.1, 0.15) is 25.0 Å². The van der Waals surface area contributed by atoms with Crippen LogP contribution >= 0.6 is 0 Å². The lowest BCUT2D eigenvalue weighted by Gasteiger charge is -2.33. The number of sulfone groups is 1. The van der Waals surface area contributed by atoms with Crippen LogP contribution in [0.2, 0.25) is 0 Å². The molecule has 88 valence electrons. The summed E-state index contributed by atoms with van der Waals surface area (Å²) in [6, 6.07) is 3.76. The molecule has 0 unspecified atom stereocenters. The van der Waals surface area contributed by atoms with Gasteiger partial charge in [0.25, 0.3) is 0 Å². The summed E-state index contributed by atoms with van der Waals surface area (Å²) in [5.41, 5.74) is 2.75. The Hall–Kier alpha value is -1.03. The molecule has 1 aromatic carbocycles. The van der Waals surface area contributed by atoms with Crippen molar-refractivity contribution in [3.63, 3.8) is 0 Å². The molecule has 3 nitrogen and oxygen atoms in total. The van der Waals surface area contributed by atoms with E-state index in [-0.39, 0.29) is 0 Å². The molecular formula is C12H17NO2S. The van der Waals surface area contributed by atoms with Gasteiger partial charge in [0.15, 0.2) is 9.84 Å². The first-order chi connectivity index (χ1) is 7.25. The molecule has 0 amide bonds. The van der Waals surface area contributed by atoms with Crippen molar-refractivity contribution in [2.45, 2.75) is 37.3 Å². The molecule has 0 aliphatic carbocycles. The van der Waals surface area contributed by atoms with Gasteiger partial charge < -0.3 is 5.32 Å². The standard InChI is InChI=1S/C12H17NO2S/c1-8-5-9(2)11-10(6-8)16(14,15)12(3,4)7-13-11/h5-6,13H,7H2,1-4H3. The highest BCUT2D eigenvalue weighted by atomic mass is 32.2. The third-order valence-corrected chi connectivity index (χ3v) is 5.65. The minimum atomic E-state index is -3.23. The average molecular weight is 239 g/mol. The predicted octanol–water partition coefficient (Wildman–Crippen LogP) is 2.28. The van der Waals surface area contributed by atoms with Gasteiger partial charge in [0.05, 0.1) is 15.3 Å². The van der Waals surface area contributed by atoms with Gasteiger partial charge in [-0.1, -0.05) is 6.07 Å². The highest BCUT2D eigenvalue weighted by Crippen LogP contribution is 2.37. The summed E-state index contributed by atoms with van der Waals surface area (Å²) in [4.78, 5) is 0.446. The molecule has 2 rings (SSSR count). The SMILES string of the molecule is Cc1cc(C)c2c(c1)S(=O)(=O)C(C)(C)CN2. The molecular weight excluding hydrogens is 222 g/mol. The Labute approximate surface area is 96.8 Å². The van der Waals surface area contributed by atoms with Crippen LogP contribution < -0.4 is 5.32 Å². The van der Waals surface area contributed by atoms with E-state index in [2.05, 4.69) is 5.32 Å². The molecule has 16 heavy (non-hydrogen) atoms. The van der Waals surface area contributed by atoms with Crippen molar-refractivity contribution in [1.82, 2.24) is 0 Å². The fourth-order valence-corrected chi connectivity index (χ4v) is 3.76. The first-order valence-corrected chi connectivity index (χ1v) is 6.84. The van der Waals surface area contributed by atoms with Crippen LogP contribution in [0.5, 0.6) is 0 Å². The minimum Gasteiger partial charge on any atom is -0.382 e. The summed E-state index contributed by atoms with van der Waals surface area (Å²) >= 11 is 0. The highest BCUT2D eigenvalue weighted by molar-refractivity contribution is 7.93. The summed E-state index contributed by atoms with van der Waals surface area (Å²) in [7, 11) is -3.23. The van der Waals surface area contributed by atoms with Crippen molar-refractivity contribution >= 4 is 15.5 Å². The van der Waals surface area contributed by atoms with E-state index in [1.54, 1.807) is 19.9 Å². The molecule has 0 bridgehead atoms. The van der Waals surface area contributed by atoms with Gasteiger partial charge in [-0.15, -0.1) is 0 Å². The quantitative estimate of drug-likeness (QED) is 0.755.